The third kappa shape index (κ3) is 7.62. The Morgan fingerprint density at radius 2 is 1.57 bits per heavy atom. The van der Waals surface area contributed by atoms with Gasteiger partial charge >= 0.3 is 5.97 Å². The molecule has 0 aliphatic heterocycles. The first kappa shape index (κ1) is 26.4. The fourth-order valence-corrected chi connectivity index (χ4v) is 3.93. The molecule has 1 atom stereocenters. The summed E-state index contributed by atoms with van der Waals surface area (Å²) in [6, 6.07) is 20.3. The van der Waals surface area contributed by atoms with Gasteiger partial charge in [-0.3, -0.25) is 0 Å². The minimum atomic E-state index is -0.590. The molecular weight excluding hydrogens is 442 g/mol. The summed E-state index contributed by atoms with van der Waals surface area (Å²) in [6.07, 6.45) is 0.0366. The van der Waals surface area contributed by atoms with E-state index >= 15 is 0 Å². The van der Waals surface area contributed by atoms with Gasteiger partial charge in [-0.15, -0.1) is 0 Å². The molecule has 1 aromatic heterocycles. The number of ether oxygens (including phenoxy) is 4. The Labute approximate surface area is 208 Å². The summed E-state index contributed by atoms with van der Waals surface area (Å²) >= 11 is 0. The fourth-order valence-electron chi connectivity index (χ4n) is 3.93. The average Bonchev–Trinajstić information content (AvgIpc) is 3.20. The predicted molar refractivity (Wildman–Crippen MR) is 138 cm³/mol. The standard InChI is InChI=1S/C29H37NO5/c1-6-32-28(29(31)33-7-2)20-23-9-13-25(14-10-23)34-19-18-30-22(5)8-17-27(30)24-11-15-26(16-12-24)35-21(3)4/h8-17,21,28H,6-7,18-20H2,1-5H3. The van der Waals surface area contributed by atoms with Crippen LogP contribution in [0.4, 0.5) is 0 Å². The molecule has 35 heavy (non-hydrogen) atoms. The van der Waals surface area contributed by atoms with E-state index in [0.717, 1.165) is 34.9 Å². The molecule has 0 spiro atoms. The lowest BCUT2D eigenvalue weighted by Gasteiger charge is -2.16. The Bertz CT molecular complexity index is 1050. The van der Waals surface area contributed by atoms with E-state index in [1.807, 2.05) is 57.2 Å². The Hall–Kier alpha value is -3.25. The molecule has 0 fully saturated rings. The molecule has 0 N–H and O–H groups in total. The number of hydrogen-bond acceptors (Lipinski definition) is 5. The lowest BCUT2D eigenvalue weighted by Crippen LogP contribution is -2.28. The maximum atomic E-state index is 12.1. The van der Waals surface area contributed by atoms with Crippen molar-refractivity contribution in [3.8, 4) is 22.8 Å². The first-order valence-corrected chi connectivity index (χ1v) is 12.3. The van der Waals surface area contributed by atoms with Gasteiger partial charge in [-0.2, -0.15) is 0 Å². The summed E-state index contributed by atoms with van der Waals surface area (Å²) in [5, 5.41) is 0. The van der Waals surface area contributed by atoms with E-state index in [1.54, 1.807) is 6.92 Å². The van der Waals surface area contributed by atoms with Crippen LogP contribution in [0.15, 0.2) is 60.7 Å². The number of nitrogens with zero attached hydrogens (tertiary/aromatic N) is 1. The molecule has 0 saturated heterocycles. The van der Waals surface area contributed by atoms with Crippen molar-refractivity contribution in [1.29, 1.82) is 0 Å². The molecule has 3 rings (SSSR count). The molecule has 0 amide bonds. The van der Waals surface area contributed by atoms with E-state index in [1.165, 1.54) is 5.69 Å². The normalized spacial score (nSPS) is 11.9. The van der Waals surface area contributed by atoms with Crippen molar-refractivity contribution in [3.05, 3.63) is 71.9 Å². The number of rotatable bonds is 13. The summed E-state index contributed by atoms with van der Waals surface area (Å²) in [7, 11) is 0. The maximum Gasteiger partial charge on any atom is 0.335 e. The van der Waals surface area contributed by atoms with Gasteiger partial charge in [-0.1, -0.05) is 12.1 Å². The van der Waals surface area contributed by atoms with Gasteiger partial charge in [0, 0.05) is 24.4 Å². The van der Waals surface area contributed by atoms with Gasteiger partial charge in [-0.05, 0) is 94.3 Å². The topological polar surface area (TPSA) is 58.9 Å². The quantitative estimate of drug-likeness (QED) is 0.288. The van der Waals surface area contributed by atoms with Crippen molar-refractivity contribution in [2.24, 2.45) is 0 Å². The summed E-state index contributed by atoms with van der Waals surface area (Å²) < 4.78 is 24.7. The van der Waals surface area contributed by atoms with Crippen LogP contribution in [0.1, 0.15) is 39.0 Å². The number of hydrogen-bond donors (Lipinski definition) is 0. The number of carbonyl (C=O) groups excluding carboxylic acids is 1. The van der Waals surface area contributed by atoms with E-state index in [2.05, 4.69) is 35.8 Å². The van der Waals surface area contributed by atoms with Gasteiger partial charge < -0.3 is 23.5 Å². The van der Waals surface area contributed by atoms with Crippen molar-refractivity contribution in [2.75, 3.05) is 19.8 Å². The van der Waals surface area contributed by atoms with Gasteiger partial charge in [0.25, 0.3) is 0 Å². The molecule has 6 nitrogen and oxygen atoms in total. The van der Waals surface area contributed by atoms with Crippen LogP contribution < -0.4 is 9.47 Å². The zero-order valence-electron chi connectivity index (χ0n) is 21.5. The number of esters is 1. The third-order valence-electron chi connectivity index (χ3n) is 5.57. The molecule has 6 heteroatoms. The van der Waals surface area contributed by atoms with Gasteiger partial charge in [0.1, 0.15) is 18.1 Å². The number of benzene rings is 2. The van der Waals surface area contributed by atoms with Crippen LogP contribution in [-0.4, -0.2) is 42.6 Å². The highest BCUT2D eigenvalue weighted by Gasteiger charge is 2.20. The van der Waals surface area contributed by atoms with Gasteiger partial charge in [-0.25, -0.2) is 4.79 Å². The van der Waals surface area contributed by atoms with E-state index in [4.69, 9.17) is 18.9 Å². The molecule has 2 aromatic carbocycles. The summed E-state index contributed by atoms with van der Waals surface area (Å²) in [5.74, 6) is 1.34. The SMILES string of the molecule is CCOC(=O)C(Cc1ccc(OCCn2c(C)ccc2-c2ccc(OC(C)C)cc2)cc1)OCC. The molecule has 0 aliphatic rings. The van der Waals surface area contributed by atoms with Crippen molar-refractivity contribution < 1.29 is 23.7 Å². The van der Waals surface area contributed by atoms with Gasteiger partial charge in [0.15, 0.2) is 6.10 Å². The minimum absolute atomic E-state index is 0.154. The van der Waals surface area contributed by atoms with Gasteiger partial charge in [0.2, 0.25) is 0 Å². The molecule has 0 bridgehead atoms. The predicted octanol–water partition coefficient (Wildman–Crippen LogP) is 5.84. The lowest BCUT2D eigenvalue weighted by atomic mass is 10.1. The van der Waals surface area contributed by atoms with E-state index in [0.29, 0.717) is 26.2 Å². The highest BCUT2D eigenvalue weighted by molar-refractivity contribution is 5.75. The number of aryl methyl sites for hydroxylation is 1. The largest absolute Gasteiger partial charge is 0.492 e. The molecule has 0 radical (unpaired) electrons. The van der Waals surface area contributed by atoms with E-state index in [9.17, 15) is 4.79 Å². The monoisotopic (exact) mass is 479 g/mol. The third-order valence-corrected chi connectivity index (χ3v) is 5.57. The van der Waals surface area contributed by atoms with Crippen LogP contribution >= 0.6 is 0 Å². The molecule has 0 aliphatic carbocycles. The van der Waals surface area contributed by atoms with Crippen molar-refractivity contribution in [1.82, 2.24) is 4.57 Å². The van der Waals surface area contributed by atoms with Crippen molar-refractivity contribution in [2.45, 2.75) is 59.8 Å². The first-order valence-electron chi connectivity index (χ1n) is 12.3. The Balaban J connectivity index is 1.58. The Kier molecular flexibility index (Phi) is 9.79. The summed E-state index contributed by atoms with van der Waals surface area (Å²) in [4.78, 5) is 12.1. The Morgan fingerprint density at radius 1 is 0.886 bits per heavy atom. The summed E-state index contributed by atoms with van der Waals surface area (Å²) in [6.45, 7) is 11.9. The van der Waals surface area contributed by atoms with Crippen molar-refractivity contribution in [3.63, 3.8) is 0 Å². The number of aromatic nitrogens is 1. The molecule has 0 saturated carbocycles. The lowest BCUT2D eigenvalue weighted by molar-refractivity contribution is -0.156. The minimum Gasteiger partial charge on any atom is -0.492 e. The van der Waals surface area contributed by atoms with Crippen molar-refractivity contribution >= 4 is 5.97 Å². The second-order valence-corrected chi connectivity index (χ2v) is 8.60. The van der Waals surface area contributed by atoms with E-state index in [-0.39, 0.29) is 12.1 Å². The second kappa shape index (κ2) is 13.0. The van der Waals surface area contributed by atoms with Crippen LogP contribution in [0.5, 0.6) is 11.5 Å². The Morgan fingerprint density at radius 3 is 2.20 bits per heavy atom. The molecule has 1 unspecified atom stereocenters. The van der Waals surface area contributed by atoms with Crippen LogP contribution in [0.3, 0.4) is 0 Å². The van der Waals surface area contributed by atoms with E-state index < -0.39 is 6.10 Å². The van der Waals surface area contributed by atoms with Crippen LogP contribution in [0, 0.1) is 6.92 Å². The molecular formula is C29H37NO5. The summed E-state index contributed by atoms with van der Waals surface area (Å²) in [5.41, 5.74) is 4.47. The fraction of sp³-hybridized carbons (Fsp3) is 0.414. The van der Waals surface area contributed by atoms with Crippen LogP contribution in [-0.2, 0) is 27.2 Å². The molecule has 1 heterocycles. The average molecular weight is 480 g/mol. The smallest absolute Gasteiger partial charge is 0.335 e. The highest BCUT2D eigenvalue weighted by atomic mass is 16.6. The second-order valence-electron chi connectivity index (χ2n) is 8.60. The highest BCUT2D eigenvalue weighted by Crippen LogP contribution is 2.25. The zero-order chi connectivity index (χ0) is 25.2. The van der Waals surface area contributed by atoms with Crippen LogP contribution in [0.2, 0.25) is 0 Å². The number of carbonyl (C=O) groups is 1. The first-order chi connectivity index (χ1) is 16.9. The van der Waals surface area contributed by atoms with Crippen LogP contribution in [0.25, 0.3) is 11.3 Å². The molecule has 3 aromatic rings. The molecule has 188 valence electrons. The zero-order valence-corrected chi connectivity index (χ0v) is 21.5. The maximum absolute atomic E-state index is 12.1. The van der Waals surface area contributed by atoms with Gasteiger partial charge in [0.05, 0.1) is 19.3 Å².